The number of carbonyl (C=O) groups excluding carboxylic acids is 4. The Labute approximate surface area is 595 Å². The van der Waals surface area contributed by atoms with Crippen LogP contribution in [0.4, 0.5) is 0 Å². The van der Waals surface area contributed by atoms with Crippen molar-refractivity contribution in [2.24, 2.45) is 0 Å². The number of phosphoric ester groups is 2. The maximum absolute atomic E-state index is 13.1. The summed E-state index contributed by atoms with van der Waals surface area (Å²) < 4.78 is 68.5. The first kappa shape index (κ1) is 94.2. The Morgan fingerprint density at radius 3 is 0.888 bits per heavy atom. The molecule has 0 aromatic heterocycles. The van der Waals surface area contributed by atoms with Crippen LogP contribution >= 0.6 is 15.6 Å². The molecule has 0 heterocycles. The molecule has 0 rings (SSSR count). The van der Waals surface area contributed by atoms with Gasteiger partial charge in [0.25, 0.3) is 0 Å². The number of hydrogen-bond acceptors (Lipinski definition) is 15. The Hall–Kier alpha value is -3.76. The van der Waals surface area contributed by atoms with E-state index in [1.54, 1.807) is 0 Å². The van der Waals surface area contributed by atoms with Crippen LogP contribution in [0.3, 0.4) is 0 Å². The third-order valence-corrected chi connectivity index (χ3v) is 18.2. The first-order valence-corrected chi connectivity index (χ1v) is 41.8. The standard InChI is InChI=1S/C79H140O17P2/c1-5-9-13-17-21-25-29-33-36-40-43-47-51-55-59-63-76(81)89-69-74(95-78(83)65-61-57-53-49-45-39-32-28-24-20-16-12-8-4)71-93-97(85,86)91-67-73(80)68-92-98(87,88)94-72-75(96-79(84)66-62-58-54-50-46-42-38-35-31-27-23-19-15-11-7-3)70-90-77(82)64-60-56-52-48-44-41-37-34-30-26-22-18-14-10-6-2/h10,14,16,20,22,26,28,32,34-35,37-38,44,48,73-75,80H,5-9,11-13,15,17-19,21,23-25,27,29-31,33,36,39-43,45-47,49-72H2,1-4H3,(H,85,86)(H,87,88)/b14-10-,20-16-,26-22-,32-28-,37-34-,38-35-,48-44-. The van der Waals surface area contributed by atoms with Crippen LogP contribution < -0.4 is 0 Å². The minimum absolute atomic E-state index is 0.0770. The highest BCUT2D eigenvalue weighted by Crippen LogP contribution is 2.45. The summed E-state index contributed by atoms with van der Waals surface area (Å²) in [5.41, 5.74) is 0. The maximum Gasteiger partial charge on any atom is 0.472 e. The van der Waals surface area contributed by atoms with Gasteiger partial charge in [0.2, 0.25) is 0 Å². The molecule has 3 N–H and O–H groups in total. The summed E-state index contributed by atoms with van der Waals surface area (Å²) in [4.78, 5) is 72.9. The topological polar surface area (TPSA) is 237 Å². The summed E-state index contributed by atoms with van der Waals surface area (Å²) in [6, 6.07) is 0. The zero-order valence-electron chi connectivity index (χ0n) is 62.0. The molecule has 0 amide bonds. The predicted molar refractivity (Wildman–Crippen MR) is 399 cm³/mol. The number of carbonyl (C=O) groups is 4. The summed E-state index contributed by atoms with van der Waals surface area (Å²) >= 11 is 0. The minimum Gasteiger partial charge on any atom is -0.462 e. The van der Waals surface area contributed by atoms with Crippen molar-refractivity contribution in [3.63, 3.8) is 0 Å². The molecule has 0 aromatic carbocycles. The molecule has 5 atom stereocenters. The Bertz CT molecular complexity index is 2190. The van der Waals surface area contributed by atoms with Crippen LogP contribution in [0.15, 0.2) is 85.1 Å². The van der Waals surface area contributed by atoms with E-state index in [9.17, 15) is 43.2 Å². The number of hydrogen-bond donors (Lipinski definition) is 3. The quantitative estimate of drug-likeness (QED) is 0.0169. The third-order valence-electron chi connectivity index (χ3n) is 16.3. The van der Waals surface area contributed by atoms with Crippen molar-refractivity contribution in [3.05, 3.63) is 85.1 Å². The predicted octanol–water partition coefficient (Wildman–Crippen LogP) is 22.2. The van der Waals surface area contributed by atoms with Crippen molar-refractivity contribution in [1.29, 1.82) is 0 Å². The van der Waals surface area contributed by atoms with E-state index >= 15 is 0 Å². The van der Waals surface area contributed by atoms with Gasteiger partial charge in [-0.05, 0) is 116 Å². The number of aliphatic hydroxyl groups is 1. The van der Waals surface area contributed by atoms with E-state index in [1.807, 2.05) is 0 Å². The monoisotopic (exact) mass is 1420 g/mol. The molecular weight excluding hydrogens is 1280 g/mol. The van der Waals surface area contributed by atoms with Gasteiger partial charge in [0.05, 0.1) is 26.4 Å². The van der Waals surface area contributed by atoms with E-state index in [1.165, 1.54) is 109 Å². The third kappa shape index (κ3) is 70.7. The minimum atomic E-state index is -4.98. The van der Waals surface area contributed by atoms with Crippen LogP contribution in [0.5, 0.6) is 0 Å². The molecule has 5 unspecified atom stereocenters. The highest BCUT2D eigenvalue weighted by atomic mass is 31.2. The molecule has 0 aliphatic heterocycles. The summed E-state index contributed by atoms with van der Waals surface area (Å²) in [6.45, 7) is 4.66. The van der Waals surface area contributed by atoms with E-state index in [4.69, 9.17) is 37.0 Å². The van der Waals surface area contributed by atoms with Crippen molar-refractivity contribution < 1.29 is 80.2 Å². The molecule has 0 saturated heterocycles. The Kier molecular flexibility index (Phi) is 68.9. The van der Waals surface area contributed by atoms with E-state index in [0.29, 0.717) is 25.7 Å². The number of esters is 4. The number of ether oxygens (including phenoxy) is 4. The largest absolute Gasteiger partial charge is 0.472 e. The van der Waals surface area contributed by atoms with Crippen LogP contribution in [0.25, 0.3) is 0 Å². The lowest BCUT2D eigenvalue weighted by molar-refractivity contribution is -0.161. The molecule has 0 aliphatic rings. The summed E-state index contributed by atoms with van der Waals surface area (Å²) in [6.07, 6.45) is 72.9. The first-order valence-electron chi connectivity index (χ1n) is 38.8. The fourth-order valence-corrected chi connectivity index (χ4v) is 12.0. The summed E-state index contributed by atoms with van der Waals surface area (Å²) in [7, 11) is -9.96. The molecule has 0 aliphatic carbocycles. The highest BCUT2D eigenvalue weighted by Gasteiger charge is 2.30. The van der Waals surface area contributed by atoms with Gasteiger partial charge in [0, 0.05) is 25.7 Å². The average molecular weight is 1420 g/mol. The van der Waals surface area contributed by atoms with Gasteiger partial charge in [0.1, 0.15) is 19.3 Å². The van der Waals surface area contributed by atoms with Crippen LogP contribution in [-0.4, -0.2) is 96.7 Å². The van der Waals surface area contributed by atoms with Crippen molar-refractivity contribution in [1.82, 2.24) is 0 Å². The van der Waals surface area contributed by atoms with Crippen molar-refractivity contribution >= 4 is 39.5 Å². The van der Waals surface area contributed by atoms with Crippen molar-refractivity contribution in [2.45, 2.75) is 354 Å². The van der Waals surface area contributed by atoms with E-state index < -0.39 is 97.5 Å². The molecular formula is C79H140O17P2. The first-order chi connectivity index (χ1) is 47.7. The maximum atomic E-state index is 13.1. The SMILES string of the molecule is CC/C=C\C/C=C\C/C=C\C/C=C\CCCCC(=O)OCC(COP(=O)(O)OCC(O)COP(=O)(O)OCC(COC(=O)CCCCCCCCCCCCCCCCC)OC(=O)CCCCCCC/C=C\C/C=C\CCC)OC(=O)CCCCCCC/C=C\CCCCCCCC. The van der Waals surface area contributed by atoms with Gasteiger partial charge in [-0.15, -0.1) is 0 Å². The molecule has 17 nitrogen and oxygen atoms in total. The molecule has 0 saturated carbocycles. The van der Waals surface area contributed by atoms with Crippen molar-refractivity contribution in [2.75, 3.05) is 39.6 Å². The smallest absolute Gasteiger partial charge is 0.462 e. The van der Waals surface area contributed by atoms with Crippen LogP contribution in [-0.2, 0) is 65.4 Å². The number of aliphatic hydroxyl groups excluding tert-OH is 1. The number of allylic oxidation sites excluding steroid dienone is 14. The number of rotatable bonds is 73. The lowest BCUT2D eigenvalue weighted by atomic mass is 10.0. The molecule has 0 aromatic rings. The van der Waals surface area contributed by atoms with Gasteiger partial charge < -0.3 is 33.8 Å². The van der Waals surface area contributed by atoms with Crippen molar-refractivity contribution in [3.8, 4) is 0 Å². The number of unbranched alkanes of at least 4 members (excludes halogenated alkanes) is 33. The fraction of sp³-hybridized carbons (Fsp3) is 0.772. The van der Waals surface area contributed by atoms with E-state index in [0.717, 1.165) is 148 Å². The molecule has 568 valence electrons. The molecule has 19 heteroatoms. The van der Waals surface area contributed by atoms with Gasteiger partial charge in [-0.25, -0.2) is 9.13 Å². The zero-order valence-corrected chi connectivity index (χ0v) is 63.7. The average Bonchev–Trinajstić information content (AvgIpc) is 1.04. The second kappa shape index (κ2) is 71.6. The van der Waals surface area contributed by atoms with Gasteiger partial charge in [-0.3, -0.25) is 37.3 Å². The lowest BCUT2D eigenvalue weighted by Crippen LogP contribution is -2.30. The molecule has 0 fully saturated rings. The number of phosphoric acid groups is 2. The molecule has 0 spiro atoms. The highest BCUT2D eigenvalue weighted by molar-refractivity contribution is 7.47. The van der Waals surface area contributed by atoms with Crippen LogP contribution in [0.2, 0.25) is 0 Å². The lowest BCUT2D eigenvalue weighted by Gasteiger charge is -2.21. The van der Waals surface area contributed by atoms with Gasteiger partial charge >= 0.3 is 39.5 Å². The fourth-order valence-electron chi connectivity index (χ4n) is 10.4. The molecule has 0 bridgehead atoms. The van der Waals surface area contributed by atoms with Gasteiger partial charge in [-0.2, -0.15) is 0 Å². The Morgan fingerprint density at radius 1 is 0.296 bits per heavy atom. The Balaban J connectivity index is 5.37. The normalized spacial score (nSPS) is 14.4. The van der Waals surface area contributed by atoms with Gasteiger partial charge in [-0.1, -0.05) is 280 Å². The van der Waals surface area contributed by atoms with Crippen LogP contribution in [0, 0.1) is 0 Å². The zero-order chi connectivity index (χ0) is 71.8. The van der Waals surface area contributed by atoms with Gasteiger partial charge in [0.15, 0.2) is 12.2 Å². The molecule has 98 heavy (non-hydrogen) atoms. The molecule has 0 radical (unpaired) electrons. The second-order valence-electron chi connectivity index (χ2n) is 25.9. The summed E-state index contributed by atoms with van der Waals surface area (Å²) in [5, 5.41) is 10.6. The van der Waals surface area contributed by atoms with Crippen LogP contribution in [0.1, 0.15) is 336 Å². The van der Waals surface area contributed by atoms with E-state index in [-0.39, 0.29) is 25.7 Å². The Morgan fingerprint density at radius 2 is 0.551 bits per heavy atom. The second-order valence-corrected chi connectivity index (χ2v) is 28.8. The van der Waals surface area contributed by atoms with E-state index in [2.05, 4.69) is 113 Å². The summed E-state index contributed by atoms with van der Waals surface area (Å²) in [5.74, 6) is -2.23.